The summed E-state index contributed by atoms with van der Waals surface area (Å²) in [5, 5.41) is 0.621. The maximum atomic E-state index is 12.5. The van der Waals surface area contributed by atoms with Gasteiger partial charge in [0, 0.05) is 47.3 Å². The normalized spacial score (nSPS) is 19.8. The Morgan fingerprint density at radius 3 is 2.71 bits per heavy atom. The van der Waals surface area contributed by atoms with Crippen LogP contribution in [0, 0.1) is 0 Å². The van der Waals surface area contributed by atoms with Crippen molar-refractivity contribution in [1.29, 1.82) is 0 Å². The number of para-hydroxylation sites is 1. The summed E-state index contributed by atoms with van der Waals surface area (Å²) in [6, 6.07) is 13.9. The highest BCUT2D eigenvalue weighted by Crippen LogP contribution is 2.49. The minimum absolute atomic E-state index is 0.197. The van der Waals surface area contributed by atoms with E-state index < -0.39 is 6.10 Å². The summed E-state index contributed by atoms with van der Waals surface area (Å²) in [5.41, 5.74) is 5.40. The van der Waals surface area contributed by atoms with Crippen LogP contribution >= 0.6 is 11.6 Å². The van der Waals surface area contributed by atoms with Crippen LogP contribution in [0.1, 0.15) is 55.6 Å². The first-order chi connectivity index (χ1) is 19.9. The Kier molecular flexibility index (Phi) is 8.96. The number of aromatic nitrogens is 1. The Morgan fingerprint density at radius 1 is 1.10 bits per heavy atom. The van der Waals surface area contributed by atoms with Crippen LogP contribution in [0.2, 0.25) is 5.02 Å². The first-order valence-electron chi connectivity index (χ1n) is 13.9. The lowest BCUT2D eigenvalue weighted by Crippen LogP contribution is -2.30. The van der Waals surface area contributed by atoms with Crippen molar-refractivity contribution in [3.05, 3.63) is 100 Å². The van der Waals surface area contributed by atoms with Crippen molar-refractivity contribution >= 4 is 17.6 Å². The van der Waals surface area contributed by atoms with Crippen LogP contribution in [0.5, 0.6) is 11.5 Å². The van der Waals surface area contributed by atoms with Crippen LogP contribution in [-0.4, -0.2) is 49.3 Å². The van der Waals surface area contributed by atoms with E-state index >= 15 is 0 Å². The largest absolute Gasteiger partial charge is 0.493 e. The Bertz CT molecular complexity index is 1470. The zero-order valence-corrected chi connectivity index (χ0v) is 24.6. The highest BCUT2D eigenvalue weighted by molar-refractivity contribution is 6.30. The third-order valence-corrected chi connectivity index (χ3v) is 7.84. The van der Waals surface area contributed by atoms with E-state index in [4.69, 9.17) is 30.5 Å². The second-order valence-corrected chi connectivity index (χ2v) is 10.5. The second-order valence-electron chi connectivity index (χ2n) is 10.1. The van der Waals surface area contributed by atoms with Gasteiger partial charge in [-0.3, -0.25) is 4.98 Å². The molecule has 5 rings (SSSR count). The first-order valence-corrected chi connectivity index (χ1v) is 14.2. The number of benzene rings is 2. The summed E-state index contributed by atoms with van der Waals surface area (Å²) in [5.74, 6) is 0.920. The number of hydrogen-bond acceptors (Lipinski definition) is 7. The molecule has 0 aliphatic carbocycles. The van der Waals surface area contributed by atoms with Crippen molar-refractivity contribution in [2.45, 2.75) is 44.9 Å². The summed E-state index contributed by atoms with van der Waals surface area (Å²) < 4.78 is 23.8. The average Bonchev–Trinajstić information content (AvgIpc) is 3.25. The average molecular weight is 575 g/mol. The fraction of sp³-hybridized carbons (Fsp3) is 0.333. The van der Waals surface area contributed by atoms with Gasteiger partial charge in [-0.2, -0.15) is 0 Å². The molecule has 214 valence electrons. The molecule has 3 heterocycles. The van der Waals surface area contributed by atoms with E-state index in [2.05, 4.69) is 16.8 Å². The summed E-state index contributed by atoms with van der Waals surface area (Å²) in [7, 11) is 3.26. The molecule has 0 fully saturated rings. The van der Waals surface area contributed by atoms with Gasteiger partial charge < -0.3 is 23.8 Å². The van der Waals surface area contributed by atoms with Gasteiger partial charge in [0.25, 0.3) is 0 Å². The molecule has 8 heteroatoms. The highest BCUT2D eigenvalue weighted by atomic mass is 35.5. The fourth-order valence-corrected chi connectivity index (χ4v) is 5.74. The van der Waals surface area contributed by atoms with Crippen molar-refractivity contribution in [3.63, 3.8) is 0 Å². The Labute approximate surface area is 246 Å². The van der Waals surface area contributed by atoms with Crippen LogP contribution in [0.25, 0.3) is 11.1 Å². The van der Waals surface area contributed by atoms with Gasteiger partial charge in [-0.15, -0.1) is 0 Å². The van der Waals surface area contributed by atoms with Crippen molar-refractivity contribution < 1.29 is 23.7 Å². The van der Waals surface area contributed by atoms with E-state index in [1.165, 1.54) is 0 Å². The number of nitrogens with zero attached hydrogens (tertiary/aromatic N) is 2. The van der Waals surface area contributed by atoms with Crippen LogP contribution in [-0.2, 0) is 14.3 Å². The number of fused-ring (bicyclic) bond motifs is 3. The Hall–Kier alpha value is -3.81. The SMILES string of the molecule is CCOC(=O)C1=CN(CCC2OC(c3cccc(OC)c3OC)c3cc(Cl)ccc3-c3ccncc32)C(C)CC=C1. The molecule has 0 N–H and O–H groups in total. The van der Waals surface area contributed by atoms with Crippen LogP contribution < -0.4 is 9.47 Å². The van der Waals surface area contributed by atoms with Gasteiger partial charge in [0.05, 0.1) is 32.5 Å². The zero-order chi connectivity index (χ0) is 28.9. The van der Waals surface area contributed by atoms with E-state index in [1.54, 1.807) is 20.4 Å². The van der Waals surface area contributed by atoms with Gasteiger partial charge in [-0.05, 0) is 67.6 Å². The lowest BCUT2D eigenvalue weighted by molar-refractivity contribution is -0.138. The van der Waals surface area contributed by atoms with Gasteiger partial charge in [-0.25, -0.2) is 4.79 Å². The van der Waals surface area contributed by atoms with Crippen molar-refractivity contribution in [1.82, 2.24) is 9.88 Å². The van der Waals surface area contributed by atoms with Gasteiger partial charge in [0.15, 0.2) is 11.5 Å². The smallest absolute Gasteiger partial charge is 0.339 e. The standard InChI is InChI=1S/C33H35ClN2O5/c1-5-40-33(37)22-9-6-8-21(2)36(20-22)17-15-29-28-19-35-16-14-25(28)24-13-12-23(34)18-27(24)31(41-29)26-10-7-11-30(38-3)32(26)39-4/h6-7,9-14,16,18-21,29,31H,5,8,15,17H2,1-4H3. The van der Waals surface area contributed by atoms with Gasteiger partial charge in [0.1, 0.15) is 6.10 Å². The van der Waals surface area contributed by atoms with E-state index in [1.807, 2.05) is 73.9 Å². The van der Waals surface area contributed by atoms with E-state index in [-0.39, 0.29) is 18.1 Å². The van der Waals surface area contributed by atoms with Crippen molar-refractivity contribution in [3.8, 4) is 22.6 Å². The molecular weight excluding hydrogens is 540 g/mol. The predicted molar refractivity (Wildman–Crippen MR) is 159 cm³/mol. The van der Waals surface area contributed by atoms with Gasteiger partial charge in [0.2, 0.25) is 0 Å². The number of pyridine rings is 1. The zero-order valence-electron chi connectivity index (χ0n) is 23.8. The highest BCUT2D eigenvalue weighted by Gasteiger charge is 2.33. The minimum Gasteiger partial charge on any atom is -0.493 e. The molecule has 2 aliphatic rings. The lowest BCUT2D eigenvalue weighted by atomic mass is 9.91. The summed E-state index contributed by atoms with van der Waals surface area (Å²) in [4.78, 5) is 19.2. The van der Waals surface area contributed by atoms with Crippen LogP contribution in [0.15, 0.2) is 78.8 Å². The monoisotopic (exact) mass is 574 g/mol. The summed E-state index contributed by atoms with van der Waals surface area (Å²) in [6.07, 6.45) is 10.1. The fourth-order valence-electron chi connectivity index (χ4n) is 5.56. The summed E-state index contributed by atoms with van der Waals surface area (Å²) in [6.45, 7) is 4.95. The summed E-state index contributed by atoms with van der Waals surface area (Å²) >= 11 is 6.55. The molecule has 0 spiro atoms. The molecule has 0 saturated carbocycles. The second kappa shape index (κ2) is 12.8. The van der Waals surface area contributed by atoms with E-state index in [0.29, 0.717) is 41.7 Å². The number of methoxy groups -OCH3 is 2. The first kappa shape index (κ1) is 28.7. The topological polar surface area (TPSA) is 70.1 Å². The molecule has 0 amide bonds. The third kappa shape index (κ3) is 5.97. The number of ether oxygens (including phenoxy) is 4. The number of carbonyl (C=O) groups is 1. The number of hydrogen-bond donors (Lipinski definition) is 0. The number of carbonyl (C=O) groups excluding carboxylic acids is 1. The van der Waals surface area contributed by atoms with Gasteiger partial charge in [-0.1, -0.05) is 42.0 Å². The number of rotatable bonds is 8. The molecule has 0 saturated heterocycles. The molecular formula is C33H35ClN2O5. The molecule has 7 nitrogen and oxygen atoms in total. The molecule has 41 heavy (non-hydrogen) atoms. The molecule has 3 aromatic rings. The van der Waals surface area contributed by atoms with Crippen molar-refractivity contribution in [2.24, 2.45) is 0 Å². The van der Waals surface area contributed by atoms with Gasteiger partial charge >= 0.3 is 5.97 Å². The molecule has 2 aromatic carbocycles. The Balaban J connectivity index is 1.56. The molecule has 3 atom stereocenters. The molecule has 1 aromatic heterocycles. The number of esters is 1. The van der Waals surface area contributed by atoms with Crippen molar-refractivity contribution in [2.75, 3.05) is 27.4 Å². The minimum atomic E-state index is -0.486. The molecule has 3 unspecified atom stereocenters. The Morgan fingerprint density at radius 2 is 1.93 bits per heavy atom. The molecule has 0 bridgehead atoms. The molecule has 0 radical (unpaired) electrons. The third-order valence-electron chi connectivity index (χ3n) is 7.61. The van der Waals surface area contributed by atoms with Crippen LogP contribution in [0.3, 0.4) is 0 Å². The van der Waals surface area contributed by atoms with E-state index in [9.17, 15) is 4.79 Å². The lowest BCUT2D eigenvalue weighted by Gasteiger charge is -2.30. The maximum Gasteiger partial charge on any atom is 0.339 e. The van der Waals surface area contributed by atoms with Crippen LogP contribution in [0.4, 0.5) is 0 Å². The quantitative estimate of drug-likeness (QED) is 0.267. The van der Waals surface area contributed by atoms with E-state index in [0.717, 1.165) is 34.2 Å². The predicted octanol–water partition coefficient (Wildman–Crippen LogP) is 7.07. The molecule has 2 aliphatic heterocycles. The number of halogens is 1. The maximum absolute atomic E-state index is 12.5.